The first-order chi connectivity index (χ1) is 19.3. The number of nitrogens with zero attached hydrogens (tertiary/aromatic N) is 2. The van der Waals surface area contributed by atoms with Crippen LogP contribution in [0.15, 0.2) is 42.5 Å². The number of likely N-dealkylation sites (tertiary alicyclic amines) is 1. The summed E-state index contributed by atoms with van der Waals surface area (Å²) in [6.07, 6.45) is 5.07. The lowest BCUT2D eigenvalue weighted by Gasteiger charge is -2.32. The molecule has 210 valence electrons. The molecule has 0 aromatic heterocycles. The van der Waals surface area contributed by atoms with Gasteiger partial charge in [-0.1, -0.05) is 36.2 Å². The Hall–Kier alpha value is -3.72. The Balaban J connectivity index is 1.05. The van der Waals surface area contributed by atoms with Gasteiger partial charge < -0.3 is 10.2 Å². The predicted octanol–water partition coefficient (Wildman–Crippen LogP) is 4.12. The number of nitrogens with one attached hydrogen (secondary N) is 2. The molecule has 2 aromatic rings. The molecule has 10 heteroatoms. The quantitative estimate of drug-likeness (QED) is 0.350. The van der Waals surface area contributed by atoms with E-state index in [1.165, 1.54) is 5.56 Å². The smallest absolute Gasteiger partial charge is 0.264 e. The van der Waals surface area contributed by atoms with E-state index in [-0.39, 0.29) is 29.9 Å². The second-order valence-corrected chi connectivity index (χ2v) is 11.1. The fourth-order valence-corrected chi connectivity index (χ4v) is 5.94. The molecule has 1 unspecified atom stereocenters. The van der Waals surface area contributed by atoms with E-state index in [1.807, 2.05) is 17.0 Å². The molecule has 0 radical (unpaired) electrons. The number of imide groups is 2. The number of carbonyl (C=O) groups is 5. The summed E-state index contributed by atoms with van der Waals surface area (Å²) in [7, 11) is 0. The van der Waals surface area contributed by atoms with Crippen LogP contribution < -0.4 is 10.6 Å². The van der Waals surface area contributed by atoms with Crippen molar-refractivity contribution in [3.05, 3.63) is 64.2 Å². The minimum Gasteiger partial charge on any atom is -0.384 e. The second kappa shape index (κ2) is 12.2. The molecule has 2 N–H and O–H groups in total. The molecule has 0 spiro atoms. The van der Waals surface area contributed by atoms with Gasteiger partial charge >= 0.3 is 0 Å². The summed E-state index contributed by atoms with van der Waals surface area (Å²) in [5.41, 5.74) is 2.34. The van der Waals surface area contributed by atoms with E-state index in [9.17, 15) is 24.0 Å². The maximum absolute atomic E-state index is 13.2. The molecular weight excluding hydrogens is 532 g/mol. The first kappa shape index (κ1) is 27.8. The zero-order valence-corrected chi connectivity index (χ0v) is 23.0. The van der Waals surface area contributed by atoms with Gasteiger partial charge in [-0.15, -0.1) is 0 Å². The molecule has 5 rings (SSSR count). The zero-order valence-electron chi connectivity index (χ0n) is 22.3. The standard InChI is InChI=1S/C30H33ClN4O5/c31-21-10-8-19(9-11-21)20-14-17-34(18-15-20)26(37)7-2-1-3-16-32-23-6-4-5-22-27(23)30(40)35(29(22)39)24-12-13-25(36)33-28(24)38/h4-6,8-11,20,24,32H,1-3,7,12-18H2,(H,33,36,38). The van der Waals surface area contributed by atoms with Gasteiger partial charge in [0.25, 0.3) is 11.8 Å². The van der Waals surface area contributed by atoms with Gasteiger partial charge in [0.1, 0.15) is 6.04 Å². The highest BCUT2D eigenvalue weighted by Crippen LogP contribution is 2.33. The Kier molecular flexibility index (Phi) is 8.49. The van der Waals surface area contributed by atoms with Crippen molar-refractivity contribution >= 4 is 46.8 Å². The summed E-state index contributed by atoms with van der Waals surface area (Å²) >= 11 is 6.00. The van der Waals surface area contributed by atoms with E-state index in [4.69, 9.17) is 11.6 Å². The minimum absolute atomic E-state index is 0.0824. The molecule has 2 fully saturated rings. The predicted molar refractivity (Wildman–Crippen MR) is 150 cm³/mol. The maximum atomic E-state index is 13.2. The molecule has 2 saturated heterocycles. The van der Waals surface area contributed by atoms with Gasteiger partial charge in [0.15, 0.2) is 0 Å². The first-order valence-electron chi connectivity index (χ1n) is 13.9. The fourth-order valence-electron chi connectivity index (χ4n) is 5.82. The Morgan fingerprint density at radius 1 is 0.925 bits per heavy atom. The molecule has 3 aliphatic heterocycles. The summed E-state index contributed by atoms with van der Waals surface area (Å²) in [5.74, 6) is -1.41. The number of anilines is 1. The van der Waals surface area contributed by atoms with Gasteiger partial charge in [0, 0.05) is 43.2 Å². The molecule has 9 nitrogen and oxygen atoms in total. The molecule has 40 heavy (non-hydrogen) atoms. The van der Waals surface area contributed by atoms with Crippen molar-refractivity contribution in [3.8, 4) is 0 Å². The van der Waals surface area contributed by atoms with Crippen molar-refractivity contribution in [2.45, 2.75) is 63.3 Å². The number of unbranched alkanes of at least 4 members (excludes halogenated alkanes) is 2. The van der Waals surface area contributed by atoms with Crippen LogP contribution in [0.25, 0.3) is 0 Å². The second-order valence-electron chi connectivity index (χ2n) is 10.6. The lowest BCUT2D eigenvalue weighted by molar-refractivity contribution is -0.136. The number of halogens is 1. The molecule has 2 aromatic carbocycles. The first-order valence-corrected chi connectivity index (χ1v) is 14.3. The lowest BCUT2D eigenvalue weighted by atomic mass is 9.89. The molecule has 3 heterocycles. The Morgan fingerprint density at radius 2 is 1.68 bits per heavy atom. The van der Waals surface area contributed by atoms with Gasteiger partial charge in [-0.2, -0.15) is 0 Å². The minimum atomic E-state index is -0.987. The van der Waals surface area contributed by atoms with Crippen LogP contribution in [-0.4, -0.2) is 65.0 Å². The van der Waals surface area contributed by atoms with Gasteiger partial charge in [0.05, 0.1) is 11.1 Å². The monoisotopic (exact) mass is 564 g/mol. The molecule has 0 bridgehead atoms. The SMILES string of the molecule is O=C1CCC(N2C(=O)c3cccc(NCCCCCC(=O)N4CCC(c5ccc(Cl)cc5)CC4)c3C2=O)C(=O)N1. The average molecular weight is 565 g/mol. The molecule has 1 atom stereocenters. The lowest BCUT2D eigenvalue weighted by Crippen LogP contribution is -2.54. The van der Waals surface area contributed by atoms with Crippen LogP contribution in [-0.2, 0) is 14.4 Å². The van der Waals surface area contributed by atoms with E-state index < -0.39 is 29.7 Å². The number of hydrogen-bond donors (Lipinski definition) is 2. The van der Waals surface area contributed by atoms with Crippen molar-refractivity contribution in [2.24, 2.45) is 0 Å². The highest BCUT2D eigenvalue weighted by atomic mass is 35.5. The molecule has 0 saturated carbocycles. The average Bonchev–Trinajstić information content (AvgIpc) is 3.21. The summed E-state index contributed by atoms with van der Waals surface area (Å²) < 4.78 is 0. The zero-order chi connectivity index (χ0) is 28.2. The van der Waals surface area contributed by atoms with Crippen LogP contribution in [0, 0.1) is 0 Å². The van der Waals surface area contributed by atoms with Crippen molar-refractivity contribution in [1.82, 2.24) is 15.1 Å². The van der Waals surface area contributed by atoms with Crippen LogP contribution >= 0.6 is 11.6 Å². The molecule has 3 aliphatic rings. The van der Waals surface area contributed by atoms with Gasteiger partial charge in [-0.25, -0.2) is 0 Å². The van der Waals surface area contributed by atoms with Crippen LogP contribution in [0.5, 0.6) is 0 Å². The third-order valence-electron chi connectivity index (χ3n) is 8.04. The third kappa shape index (κ3) is 5.89. The highest BCUT2D eigenvalue weighted by molar-refractivity contribution is 6.30. The Bertz CT molecular complexity index is 1320. The van der Waals surface area contributed by atoms with Crippen LogP contribution in [0.2, 0.25) is 5.02 Å². The number of hydrogen-bond acceptors (Lipinski definition) is 6. The van der Waals surface area contributed by atoms with E-state index in [2.05, 4.69) is 22.8 Å². The van der Waals surface area contributed by atoms with Crippen LogP contribution in [0.3, 0.4) is 0 Å². The van der Waals surface area contributed by atoms with E-state index >= 15 is 0 Å². The van der Waals surface area contributed by atoms with Crippen LogP contribution in [0.4, 0.5) is 5.69 Å². The number of piperidine rings is 2. The molecule has 5 amide bonds. The number of amides is 5. The van der Waals surface area contributed by atoms with Gasteiger partial charge in [-0.05, 0) is 67.9 Å². The number of fused-ring (bicyclic) bond motifs is 1. The van der Waals surface area contributed by atoms with Crippen molar-refractivity contribution < 1.29 is 24.0 Å². The van der Waals surface area contributed by atoms with Crippen LogP contribution in [0.1, 0.15) is 83.6 Å². The van der Waals surface area contributed by atoms with E-state index in [1.54, 1.807) is 18.2 Å². The topological polar surface area (TPSA) is 116 Å². The van der Waals surface area contributed by atoms with Crippen molar-refractivity contribution in [1.29, 1.82) is 0 Å². The van der Waals surface area contributed by atoms with Gasteiger partial charge in [0.2, 0.25) is 17.7 Å². The Morgan fingerprint density at radius 3 is 2.40 bits per heavy atom. The number of benzene rings is 2. The molecule has 0 aliphatic carbocycles. The normalized spacial score (nSPS) is 19.6. The van der Waals surface area contributed by atoms with Crippen molar-refractivity contribution in [2.75, 3.05) is 25.0 Å². The number of rotatable bonds is 9. The maximum Gasteiger partial charge on any atom is 0.264 e. The fraction of sp³-hybridized carbons (Fsp3) is 0.433. The summed E-state index contributed by atoms with van der Waals surface area (Å²) in [4.78, 5) is 65.6. The molecular formula is C30H33ClN4O5. The van der Waals surface area contributed by atoms with Crippen molar-refractivity contribution in [3.63, 3.8) is 0 Å². The summed E-state index contributed by atoms with van der Waals surface area (Å²) in [6.45, 7) is 2.13. The Labute approximate surface area is 238 Å². The van der Waals surface area contributed by atoms with E-state index in [0.29, 0.717) is 24.6 Å². The highest BCUT2D eigenvalue weighted by Gasteiger charge is 2.45. The number of carbonyl (C=O) groups excluding carboxylic acids is 5. The summed E-state index contributed by atoms with van der Waals surface area (Å²) in [6, 6.07) is 12.0. The largest absolute Gasteiger partial charge is 0.384 e. The summed E-state index contributed by atoms with van der Waals surface area (Å²) in [5, 5.41) is 6.20. The van der Waals surface area contributed by atoms with E-state index in [0.717, 1.165) is 55.1 Å². The van der Waals surface area contributed by atoms with Gasteiger partial charge in [-0.3, -0.25) is 34.2 Å². The third-order valence-corrected chi connectivity index (χ3v) is 8.29.